The molecule has 0 bridgehead atoms. The summed E-state index contributed by atoms with van der Waals surface area (Å²) in [4.78, 5) is 4.38. The van der Waals surface area contributed by atoms with Crippen molar-refractivity contribution in [2.24, 2.45) is 4.99 Å². The van der Waals surface area contributed by atoms with Crippen LogP contribution < -0.4 is 4.74 Å². The molecule has 0 aliphatic rings. The Morgan fingerprint density at radius 2 is 1.93 bits per heavy atom. The first kappa shape index (κ1) is 19.8. The number of halogens is 1. The van der Waals surface area contributed by atoms with Gasteiger partial charge in [0.15, 0.2) is 23.0 Å². The van der Waals surface area contributed by atoms with Crippen molar-refractivity contribution in [1.29, 1.82) is 5.26 Å². The van der Waals surface area contributed by atoms with Crippen molar-refractivity contribution in [1.82, 2.24) is 0 Å². The molecule has 0 fully saturated rings. The number of nitriles is 1. The number of benzene rings is 1. The van der Waals surface area contributed by atoms with Crippen LogP contribution in [0.2, 0.25) is 0 Å². The number of phenolic OH excluding ortho intramolecular Hbond substituents is 1. The predicted molar refractivity (Wildman–Crippen MR) is 118 cm³/mol. The van der Waals surface area contributed by atoms with Crippen molar-refractivity contribution in [2.45, 2.75) is 6.92 Å². The van der Waals surface area contributed by atoms with Crippen molar-refractivity contribution >= 4 is 34.7 Å². The fourth-order valence-electron chi connectivity index (χ4n) is 2.92. The van der Waals surface area contributed by atoms with Gasteiger partial charge in [0.1, 0.15) is 17.4 Å². The molecule has 7 nitrogen and oxygen atoms in total. The first-order valence-electron chi connectivity index (χ1n) is 8.96. The maximum Gasteiger partial charge on any atom is 0.238 e. The average molecular weight is 514 g/mol. The van der Waals surface area contributed by atoms with E-state index >= 15 is 0 Å². The third-order valence-corrected chi connectivity index (χ3v) is 5.02. The number of ether oxygens (including phenoxy) is 1. The highest BCUT2D eigenvalue weighted by atomic mass is 127. The van der Waals surface area contributed by atoms with Crippen LogP contribution in [0, 0.1) is 14.9 Å². The molecule has 4 aromatic rings. The molecule has 1 aromatic carbocycles. The van der Waals surface area contributed by atoms with Gasteiger partial charge in [-0.2, -0.15) is 5.26 Å². The topological polar surface area (TPSA) is 105 Å². The first-order chi connectivity index (χ1) is 14.6. The zero-order valence-corrected chi connectivity index (χ0v) is 17.9. The van der Waals surface area contributed by atoms with Gasteiger partial charge in [-0.05, 0) is 71.5 Å². The third kappa shape index (κ3) is 3.71. The molecule has 1 N–H and O–H groups in total. The van der Waals surface area contributed by atoms with E-state index in [1.807, 2.05) is 29.5 Å². The Kier molecular flexibility index (Phi) is 5.63. The molecule has 0 spiro atoms. The van der Waals surface area contributed by atoms with Crippen molar-refractivity contribution in [3.63, 3.8) is 0 Å². The Morgan fingerprint density at radius 1 is 1.20 bits per heavy atom. The second kappa shape index (κ2) is 8.51. The lowest BCUT2D eigenvalue weighted by Gasteiger charge is -2.08. The van der Waals surface area contributed by atoms with Gasteiger partial charge in [0.2, 0.25) is 5.88 Å². The van der Waals surface area contributed by atoms with Gasteiger partial charge in [0.05, 0.1) is 28.3 Å². The zero-order chi connectivity index (χ0) is 21.1. The lowest BCUT2D eigenvalue weighted by molar-refractivity contribution is 0.317. The Morgan fingerprint density at radius 3 is 2.57 bits per heavy atom. The molecular weight excluding hydrogens is 499 g/mol. The molecule has 0 aliphatic heterocycles. The maximum atomic E-state index is 10.1. The van der Waals surface area contributed by atoms with E-state index in [-0.39, 0.29) is 17.2 Å². The van der Waals surface area contributed by atoms with E-state index in [4.69, 9.17) is 18.0 Å². The Balaban J connectivity index is 1.81. The van der Waals surface area contributed by atoms with Crippen LogP contribution in [0.25, 0.3) is 22.8 Å². The molecule has 3 aromatic heterocycles. The number of hydrogen-bond acceptors (Lipinski definition) is 7. The molecule has 4 rings (SSSR count). The molecular formula is C22H15IN2O5. The molecule has 150 valence electrons. The van der Waals surface area contributed by atoms with Crippen LogP contribution >= 0.6 is 22.6 Å². The summed E-state index contributed by atoms with van der Waals surface area (Å²) >= 11 is 2.01. The second-order valence-electron chi connectivity index (χ2n) is 6.09. The zero-order valence-electron chi connectivity index (χ0n) is 15.8. The van der Waals surface area contributed by atoms with Crippen molar-refractivity contribution in [2.75, 3.05) is 6.61 Å². The van der Waals surface area contributed by atoms with E-state index in [9.17, 15) is 10.4 Å². The van der Waals surface area contributed by atoms with Gasteiger partial charge in [-0.3, -0.25) is 0 Å². The number of furan rings is 3. The minimum Gasteiger partial charge on any atom is -0.504 e. The van der Waals surface area contributed by atoms with Crippen LogP contribution in [-0.2, 0) is 0 Å². The Hall–Kier alpha value is -3.45. The fraction of sp³-hybridized carbons (Fsp3) is 0.0909. The molecule has 0 radical (unpaired) electrons. The Labute approximate surface area is 185 Å². The van der Waals surface area contributed by atoms with E-state index in [1.54, 1.807) is 42.6 Å². The molecule has 0 saturated carbocycles. The fourth-order valence-corrected chi connectivity index (χ4v) is 3.54. The molecule has 0 aliphatic carbocycles. The smallest absolute Gasteiger partial charge is 0.238 e. The van der Waals surface area contributed by atoms with Crippen LogP contribution in [0.3, 0.4) is 0 Å². The van der Waals surface area contributed by atoms with E-state index < -0.39 is 0 Å². The van der Waals surface area contributed by atoms with Crippen molar-refractivity contribution in [3.05, 3.63) is 63.6 Å². The lowest BCUT2D eigenvalue weighted by atomic mass is 10.1. The summed E-state index contributed by atoms with van der Waals surface area (Å²) in [6.07, 6.45) is 4.58. The van der Waals surface area contributed by atoms with E-state index in [1.165, 1.54) is 12.5 Å². The second-order valence-corrected chi connectivity index (χ2v) is 7.26. The van der Waals surface area contributed by atoms with Crippen LogP contribution in [-0.4, -0.2) is 17.9 Å². The van der Waals surface area contributed by atoms with Crippen LogP contribution in [0.15, 0.2) is 67.2 Å². The number of hydrogen-bond donors (Lipinski definition) is 1. The summed E-state index contributed by atoms with van der Waals surface area (Å²) in [5, 5.41) is 19.9. The van der Waals surface area contributed by atoms with Crippen LogP contribution in [0.4, 0.5) is 5.88 Å². The van der Waals surface area contributed by atoms with Crippen LogP contribution in [0.1, 0.15) is 18.1 Å². The third-order valence-electron chi connectivity index (χ3n) is 4.20. The van der Waals surface area contributed by atoms with Crippen molar-refractivity contribution in [3.8, 4) is 40.4 Å². The molecule has 0 amide bonds. The maximum absolute atomic E-state index is 10.1. The highest BCUT2D eigenvalue weighted by Crippen LogP contribution is 2.43. The van der Waals surface area contributed by atoms with Gasteiger partial charge in [-0.25, -0.2) is 4.99 Å². The van der Waals surface area contributed by atoms with Gasteiger partial charge in [-0.15, -0.1) is 0 Å². The van der Waals surface area contributed by atoms with Gasteiger partial charge in [-0.1, -0.05) is 0 Å². The highest BCUT2D eigenvalue weighted by molar-refractivity contribution is 14.1. The number of aromatic hydroxyl groups is 1. The molecule has 3 heterocycles. The summed E-state index contributed by atoms with van der Waals surface area (Å²) in [5.74, 6) is 1.84. The summed E-state index contributed by atoms with van der Waals surface area (Å²) in [7, 11) is 0. The van der Waals surface area contributed by atoms with E-state index in [0.29, 0.717) is 44.3 Å². The minimum absolute atomic E-state index is 0.0746. The highest BCUT2D eigenvalue weighted by Gasteiger charge is 2.26. The van der Waals surface area contributed by atoms with Crippen LogP contribution in [0.5, 0.6) is 11.5 Å². The number of aliphatic imine (C=N–C) groups is 1. The largest absolute Gasteiger partial charge is 0.504 e. The normalized spacial score (nSPS) is 11.1. The molecule has 0 atom stereocenters. The van der Waals surface area contributed by atoms with E-state index in [0.717, 1.165) is 0 Å². The van der Waals surface area contributed by atoms with Gasteiger partial charge < -0.3 is 23.1 Å². The average Bonchev–Trinajstić information content (AvgIpc) is 3.49. The Bertz CT molecular complexity index is 1230. The molecule has 8 heteroatoms. The molecule has 0 unspecified atom stereocenters. The predicted octanol–water partition coefficient (Wildman–Crippen LogP) is 6.13. The summed E-state index contributed by atoms with van der Waals surface area (Å²) < 4.78 is 22.9. The quantitative estimate of drug-likeness (QED) is 0.245. The van der Waals surface area contributed by atoms with Gasteiger partial charge in [0.25, 0.3) is 0 Å². The van der Waals surface area contributed by atoms with Gasteiger partial charge >= 0.3 is 0 Å². The standard InChI is InChI=1S/C22H15IN2O5/c1-2-27-18-10-13(9-15(23)20(18)26)12-25-22-14(11-24)19(16-5-3-7-28-16)21(30-22)17-6-4-8-29-17/h3-10,12,26H,2H2,1H3. The van der Waals surface area contributed by atoms with E-state index in [2.05, 4.69) is 11.1 Å². The minimum atomic E-state index is 0.0746. The summed E-state index contributed by atoms with van der Waals surface area (Å²) in [6.45, 7) is 2.25. The van der Waals surface area contributed by atoms with Gasteiger partial charge in [0, 0.05) is 6.21 Å². The first-order valence-corrected chi connectivity index (χ1v) is 10.0. The number of rotatable bonds is 6. The van der Waals surface area contributed by atoms with Crippen molar-refractivity contribution < 1.29 is 23.1 Å². The number of phenols is 1. The molecule has 30 heavy (non-hydrogen) atoms. The SMILES string of the molecule is CCOc1cc(C=Nc2oc(-c3ccco3)c(-c3ccco3)c2C#N)cc(I)c1O. The monoisotopic (exact) mass is 514 g/mol. The summed E-state index contributed by atoms with van der Waals surface area (Å²) in [6, 6.07) is 12.5. The summed E-state index contributed by atoms with van der Waals surface area (Å²) in [5.41, 5.74) is 1.38. The number of nitrogens with zero attached hydrogens (tertiary/aromatic N) is 2. The lowest BCUT2D eigenvalue weighted by Crippen LogP contribution is -1.95. The molecule has 0 saturated heterocycles.